The molecule has 3 heteroatoms. The summed E-state index contributed by atoms with van der Waals surface area (Å²) < 4.78 is 0. The van der Waals surface area contributed by atoms with E-state index < -0.39 is 0 Å². The van der Waals surface area contributed by atoms with Crippen molar-refractivity contribution in [3.8, 4) is 0 Å². The maximum Gasteiger partial charge on any atom is 0.226 e. The van der Waals surface area contributed by atoms with Crippen molar-refractivity contribution < 1.29 is 4.79 Å². The number of hydrogen-bond donors (Lipinski definition) is 1. The topological polar surface area (TPSA) is 46.3 Å². The Morgan fingerprint density at radius 3 is 2.24 bits per heavy atom. The second-order valence-corrected chi connectivity index (χ2v) is 6.00. The van der Waals surface area contributed by atoms with Crippen LogP contribution in [0.1, 0.15) is 58.8 Å². The van der Waals surface area contributed by atoms with Crippen molar-refractivity contribution in [2.45, 2.75) is 76.9 Å². The summed E-state index contributed by atoms with van der Waals surface area (Å²) in [4.78, 5) is 14.7. The Hall–Kier alpha value is -0.570. The molecular weight excluding hydrogens is 212 g/mol. The van der Waals surface area contributed by atoms with Gasteiger partial charge in [-0.05, 0) is 52.4 Å². The Bertz CT molecular complexity index is 269. The van der Waals surface area contributed by atoms with E-state index in [1.165, 1.54) is 6.42 Å². The Morgan fingerprint density at radius 1 is 1.06 bits per heavy atom. The van der Waals surface area contributed by atoms with Gasteiger partial charge in [0.05, 0.1) is 0 Å². The first kappa shape index (κ1) is 12.9. The molecule has 4 atom stereocenters. The van der Waals surface area contributed by atoms with E-state index in [1.54, 1.807) is 0 Å². The lowest BCUT2D eigenvalue weighted by atomic mass is 9.84. The Kier molecular flexibility index (Phi) is 4.08. The average Bonchev–Trinajstić information content (AvgIpc) is 2.28. The molecule has 1 saturated carbocycles. The van der Waals surface area contributed by atoms with Crippen LogP contribution in [-0.4, -0.2) is 28.9 Å². The van der Waals surface area contributed by atoms with Gasteiger partial charge in [-0.3, -0.25) is 4.79 Å². The van der Waals surface area contributed by atoms with E-state index in [-0.39, 0.29) is 12.0 Å². The first-order valence-corrected chi connectivity index (χ1v) is 7.17. The zero-order chi connectivity index (χ0) is 12.4. The highest BCUT2D eigenvalue weighted by Gasteiger charge is 2.34. The van der Waals surface area contributed by atoms with Gasteiger partial charge in [-0.15, -0.1) is 0 Å². The molecule has 0 aromatic heterocycles. The summed E-state index contributed by atoms with van der Waals surface area (Å²) in [7, 11) is 0. The van der Waals surface area contributed by atoms with Gasteiger partial charge in [-0.1, -0.05) is 6.42 Å². The smallest absolute Gasteiger partial charge is 0.226 e. The number of rotatable bonds is 1. The minimum atomic E-state index is 0.196. The van der Waals surface area contributed by atoms with Gasteiger partial charge in [0.2, 0.25) is 5.91 Å². The number of carbonyl (C=O) groups excluding carboxylic acids is 1. The molecule has 0 bridgehead atoms. The number of amides is 1. The molecule has 1 aliphatic heterocycles. The fourth-order valence-corrected chi connectivity index (χ4v) is 3.52. The van der Waals surface area contributed by atoms with E-state index in [0.717, 1.165) is 38.5 Å². The second-order valence-electron chi connectivity index (χ2n) is 6.00. The molecule has 1 amide bonds. The Balaban J connectivity index is 2.02. The molecule has 1 heterocycles. The number of likely N-dealkylation sites (tertiary alicyclic amines) is 1. The molecule has 0 spiro atoms. The average molecular weight is 238 g/mol. The monoisotopic (exact) mass is 238 g/mol. The predicted molar refractivity (Wildman–Crippen MR) is 69.6 cm³/mol. The Labute approximate surface area is 105 Å². The predicted octanol–water partition coefficient (Wildman–Crippen LogP) is 2.29. The molecule has 1 aliphatic carbocycles. The summed E-state index contributed by atoms with van der Waals surface area (Å²) in [5, 5.41) is 0. The van der Waals surface area contributed by atoms with Crippen molar-refractivity contribution in [3.63, 3.8) is 0 Å². The zero-order valence-electron chi connectivity index (χ0n) is 11.2. The molecule has 98 valence electrons. The van der Waals surface area contributed by atoms with Crippen molar-refractivity contribution in [2.75, 3.05) is 0 Å². The van der Waals surface area contributed by atoms with Crippen molar-refractivity contribution in [3.05, 3.63) is 0 Å². The number of hydrogen-bond acceptors (Lipinski definition) is 2. The molecule has 2 N–H and O–H groups in total. The minimum Gasteiger partial charge on any atom is -0.337 e. The summed E-state index contributed by atoms with van der Waals surface area (Å²) >= 11 is 0. The number of nitrogens with two attached hydrogens (primary N) is 1. The molecule has 3 nitrogen and oxygen atoms in total. The molecule has 17 heavy (non-hydrogen) atoms. The zero-order valence-corrected chi connectivity index (χ0v) is 11.2. The summed E-state index contributed by atoms with van der Waals surface area (Å²) in [6.45, 7) is 4.38. The standard InChI is InChI=1S/C14H26N2O/c1-10-5-3-6-11(2)16(10)14(17)12-7-4-8-13(15)9-12/h10-13H,3-9,15H2,1-2H3/t10-,11+,12?,13?. The van der Waals surface area contributed by atoms with E-state index in [9.17, 15) is 4.79 Å². The minimum absolute atomic E-state index is 0.196. The first-order chi connectivity index (χ1) is 8.09. The van der Waals surface area contributed by atoms with Crippen LogP contribution in [0.4, 0.5) is 0 Å². The molecule has 2 rings (SSSR count). The van der Waals surface area contributed by atoms with Crippen molar-refractivity contribution >= 4 is 5.91 Å². The van der Waals surface area contributed by atoms with Crippen LogP contribution in [0.15, 0.2) is 0 Å². The van der Waals surface area contributed by atoms with Gasteiger partial charge in [0.1, 0.15) is 0 Å². The van der Waals surface area contributed by atoms with E-state index >= 15 is 0 Å². The third-order valence-corrected chi connectivity index (χ3v) is 4.51. The summed E-state index contributed by atoms with van der Waals surface area (Å²) in [6, 6.07) is 1.09. The van der Waals surface area contributed by atoms with Crippen LogP contribution in [0, 0.1) is 5.92 Å². The van der Waals surface area contributed by atoms with Crippen LogP contribution >= 0.6 is 0 Å². The van der Waals surface area contributed by atoms with Gasteiger partial charge in [-0.25, -0.2) is 0 Å². The maximum atomic E-state index is 12.6. The molecule has 2 unspecified atom stereocenters. The van der Waals surface area contributed by atoms with Crippen LogP contribution in [0.2, 0.25) is 0 Å². The van der Waals surface area contributed by atoms with E-state index in [2.05, 4.69) is 18.7 Å². The van der Waals surface area contributed by atoms with E-state index in [1.807, 2.05) is 0 Å². The molecular formula is C14H26N2O. The van der Waals surface area contributed by atoms with Gasteiger partial charge in [0, 0.05) is 24.0 Å². The summed E-state index contributed by atoms with van der Waals surface area (Å²) in [6.07, 6.45) is 7.74. The summed E-state index contributed by atoms with van der Waals surface area (Å²) in [5.74, 6) is 0.571. The van der Waals surface area contributed by atoms with Gasteiger partial charge in [0.25, 0.3) is 0 Å². The highest BCUT2D eigenvalue weighted by molar-refractivity contribution is 5.79. The van der Waals surface area contributed by atoms with Crippen LogP contribution in [0.5, 0.6) is 0 Å². The quantitative estimate of drug-likeness (QED) is 0.762. The van der Waals surface area contributed by atoms with Gasteiger partial charge < -0.3 is 10.6 Å². The van der Waals surface area contributed by atoms with Crippen molar-refractivity contribution in [1.82, 2.24) is 4.90 Å². The van der Waals surface area contributed by atoms with Gasteiger partial charge >= 0.3 is 0 Å². The van der Waals surface area contributed by atoms with Crippen molar-refractivity contribution in [2.24, 2.45) is 11.7 Å². The molecule has 0 aromatic rings. The van der Waals surface area contributed by atoms with E-state index in [4.69, 9.17) is 5.73 Å². The van der Waals surface area contributed by atoms with Crippen LogP contribution in [0.3, 0.4) is 0 Å². The number of carbonyl (C=O) groups is 1. The second kappa shape index (κ2) is 5.38. The highest BCUT2D eigenvalue weighted by atomic mass is 16.2. The Morgan fingerprint density at radius 2 is 1.65 bits per heavy atom. The van der Waals surface area contributed by atoms with Crippen LogP contribution in [-0.2, 0) is 4.79 Å². The lowest BCUT2D eigenvalue weighted by Crippen LogP contribution is -2.51. The van der Waals surface area contributed by atoms with Crippen LogP contribution in [0.25, 0.3) is 0 Å². The molecule has 2 fully saturated rings. The number of nitrogens with zero attached hydrogens (tertiary/aromatic N) is 1. The van der Waals surface area contributed by atoms with E-state index in [0.29, 0.717) is 18.0 Å². The van der Waals surface area contributed by atoms with Crippen molar-refractivity contribution in [1.29, 1.82) is 0 Å². The lowest BCUT2D eigenvalue weighted by molar-refractivity contribution is -0.143. The fourth-order valence-electron chi connectivity index (χ4n) is 3.52. The molecule has 1 saturated heterocycles. The lowest BCUT2D eigenvalue weighted by Gasteiger charge is -2.42. The van der Waals surface area contributed by atoms with Gasteiger partial charge in [0.15, 0.2) is 0 Å². The third kappa shape index (κ3) is 2.82. The SMILES string of the molecule is C[C@@H]1CCC[C@H](C)N1C(=O)C1CCCC(N)C1. The molecule has 0 radical (unpaired) electrons. The van der Waals surface area contributed by atoms with Crippen LogP contribution < -0.4 is 5.73 Å². The normalized spacial score (nSPS) is 39.1. The fraction of sp³-hybridized carbons (Fsp3) is 0.929. The molecule has 0 aromatic carbocycles. The molecule has 2 aliphatic rings. The largest absolute Gasteiger partial charge is 0.337 e. The maximum absolute atomic E-state index is 12.6. The number of piperidine rings is 1. The third-order valence-electron chi connectivity index (χ3n) is 4.51. The first-order valence-electron chi connectivity index (χ1n) is 7.17. The summed E-state index contributed by atoms with van der Waals surface area (Å²) in [5.41, 5.74) is 5.99. The van der Waals surface area contributed by atoms with Gasteiger partial charge in [-0.2, -0.15) is 0 Å². The highest BCUT2D eigenvalue weighted by Crippen LogP contribution is 2.30.